The van der Waals surface area contributed by atoms with Gasteiger partial charge in [-0.05, 0) is 55.2 Å². The zero-order valence-corrected chi connectivity index (χ0v) is 18.0. The Morgan fingerprint density at radius 2 is 1.50 bits per heavy atom. The molecule has 0 aliphatic heterocycles. The van der Waals surface area contributed by atoms with E-state index in [1.165, 1.54) is 7.11 Å². The van der Waals surface area contributed by atoms with Crippen molar-refractivity contribution in [3.63, 3.8) is 0 Å². The second kappa shape index (κ2) is 14.4. The van der Waals surface area contributed by atoms with Crippen molar-refractivity contribution in [3.8, 4) is 17.2 Å². The van der Waals surface area contributed by atoms with Crippen molar-refractivity contribution in [2.24, 2.45) is 0 Å². The van der Waals surface area contributed by atoms with E-state index in [2.05, 4.69) is 4.74 Å². The molecule has 0 aliphatic rings. The molecular formula is C23H32O5. The normalized spacial score (nSPS) is 9.25. The SMILES string of the molecule is CC.COC.COc1ccc(Oc2c(C)cc(CCC=O)cc2C)cc1C=O. The zero-order chi connectivity index (χ0) is 21.5. The van der Waals surface area contributed by atoms with Gasteiger partial charge in [-0.15, -0.1) is 0 Å². The predicted octanol–water partition coefficient (Wildman–Crippen LogP) is 5.34. The second-order valence-electron chi connectivity index (χ2n) is 5.80. The van der Waals surface area contributed by atoms with Crippen molar-refractivity contribution >= 4 is 12.6 Å². The molecule has 0 unspecified atom stereocenters. The Labute approximate surface area is 168 Å². The first-order valence-corrected chi connectivity index (χ1v) is 9.25. The molecule has 0 bridgehead atoms. The summed E-state index contributed by atoms with van der Waals surface area (Å²) in [6, 6.07) is 9.18. The summed E-state index contributed by atoms with van der Waals surface area (Å²) in [4.78, 5) is 21.6. The van der Waals surface area contributed by atoms with E-state index >= 15 is 0 Å². The van der Waals surface area contributed by atoms with Crippen molar-refractivity contribution in [3.05, 3.63) is 52.6 Å². The van der Waals surface area contributed by atoms with Crippen LogP contribution in [-0.2, 0) is 16.0 Å². The summed E-state index contributed by atoms with van der Waals surface area (Å²) in [6.07, 6.45) is 2.91. The van der Waals surface area contributed by atoms with Gasteiger partial charge in [0.05, 0.1) is 12.7 Å². The summed E-state index contributed by atoms with van der Waals surface area (Å²) in [6.45, 7) is 7.94. The van der Waals surface area contributed by atoms with Gasteiger partial charge in [0.25, 0.3) is 0 Å². The molecule has 2 aromatic rings. The van der Waals surface area contributed by atoms with Crippen LogP contribution in [0.2, 0.25) is 0 Å². The van der Waals surface area contributed by atoms with Crippen LogP contribution in [0.25, 0.3) is 0 Å². The second-order valence-corrected chi connectivity index (χ2v) is 5.80. The highest BCUT2D eigenvalue weighted by Gasteiger charge is 2.10. The van der Waals surface area contributed by atoms with Gasteiger partial charge in [-0.25, -0.2) is 0 Å². The molecular weight excluding hydrogens is 356 g/mol. The molecule has 0 spiro atoms. The van der Waals surface area contributed by atoms with Crippen molar-refractivity contribution in [2.45, 2.75) is 40.5 Å². The molecule has 28 heavy (non-hydrogen) atoms. The Hall–Kier alpha value is -2.66. The van der Waals surface area contributed by atoms with E-state index in [9.17, 15) is 9.59 Å². The molecule has 154 valence electrons. The number of methoxy groups -OCH3 is 2. The molecule has 5 heteroatoms. The number of carbonyl (C=O) groups is 2. The maximum absolute atomic E-state index is 11.1. The number of ether oxygens (including phenoxy) is 3. The van der Waals surface area contributed by atoms with Gasteiger partial charge in [0.1, 0.15) is 23.5 Å². The summed E-state index contributed by atoms with van der Waals surface area (Å²) in [5.74, 6) is 1.87. The van der Waals surface area contributed by atoms with Crippen LogP contribution in [0.5, 0.6) is 17.2 Å². The number of benzene rings is 2. The van der Waals surface area contributed by atoms with Crippen LogP contribution in [0.1, 0.15) is 47.3 Å². The van der Waals surface area contributed by atoms with Crippen LogP contribution in [0.15, 0.2) is 30.3 Å². The molecule has 0 saturated carbocycles. The molecule has 0 aromatic heterocycles. The molecule has 2 aromatic carbocycles. The van der Waals surface area contributed by atoms with Gasteiger partial charge >= 0.3 is 0 Å². The number of aldehydes is 2. The van der Waals surface area contributed by atoms with Crippen LogP contribution in [0.3, 0.4) is 0 Å². The van der Waals surface area contributed by atoms with Crippen LogP contribution in [-0.4, -0.2) is 33.9 Å². The van der Waals surface area contributed by atoms with E-state index in [-0.39, 0.29) is 0 Å². The summed E-state index contributed by atoms with van der Waals surface area (Å²) >= 11 is 0. The minimum absolute atomic E-state index is 0.447. The molecule has 0 fully saturated rings. The van der Waals surface area contributed by atoms with Crippen molar-refractivity contribution in [2.75, 3.05) is 21.3 Å². The fraction of sp³-hybridized carbons (Fsp3) is 0.391. The predicted molar refractivity (Wildman–Crippen MR) is 113 cm³/mol. The molecule has 0 heterocycles. The van der Waals surface area contributed by atoms with Crippen LogP contribution in [0.4, 0.5) is 0 Å². The lowest BCUT2D eigenvalue weighted by Gasteiger charge is -2.14. The highest BCUT2D eigenvalue weighted by Crippen LogP contribution is 2.32. The van der Waals surface area contributed by atoms with Crippen LogP contribution < -0.4 is 9.47 Å². The molecule has 0 saturated heterocycles. The molecule has 0 amide bonds. The van der Waals surface area contributed by atoms with E-state index < -0.39 is 0 Å². The van der Waals surface area contributed by atoms with E-state index in [1.807, 2.05) is 39.8 Å². The highest BCUT2D eigenvalue weighted by molar-refractivity contribution is 5.80. The lowest BCUT2D eigenvalue weighted by atomic mass is 10.0. The van der Waals surface area contributed by atoms with Crippen LogP contribution >= 0.6 is 0 Å². The topological polar surface area (TPSA) is 61.8 Å². The number of aryl methyl sites for hydroxylation is 3. The Morgan fingerprint density at radius 1 is 0.929 bits per heavy atom. The molecule has 0 radical (unpaired) electrons. The van der Waals surface area contributed by atoms with Crippen LogP contribution in [0, 0.1) is 13.8 Å². The number of carbonyl (C=O) groups excluding carboxylic acids is 2. The third kappa shape index (κ3) is 7.92. The first-order chi connectivity index (χ1) is 13.5. The smallest absolute Gasteiger partial charge is 0.153 e. The lowest BCUT2D eigenvalue weighted by Crippen LogP contribution is -1.96. The fourth-order valence-electron chi connectivity index (χ4n) is 2.56. The van der Waals surface area contributed by atoms with Gasteiger partial charge < -0.3 is 19.0 Å². The zero-order valence-electron chi connectivity index (χ0n) is 18.0. The first-order valence-electron chi connectivity index (χ1n) is 9.25. The summed E-state index contributed by atoms with van der Waals surface area (Å²) in [5.41, 5.74) is 3.55. The molecule has 2 rings (SSSR count). The van der Waals surface area contributed by atoms with E-state index in [1.54, 1.807) is 32.4 Å². The van der Waals surface area contributed by atoms with Gasteiger partial charge in [0, 0.05) is 20.6 Å². The fourth-order valence-corrected chi connectivity index (χ4v) is 2.56. The standard InChI is InChI=1S/C19H20O4.C2H6O.C2H6/c1-13-9-15(5-4-8-20)10-14(2)19(13)23-17-6-7-18(22-3)16(11-17)12-21;1-3-2;1-2/h6-12H,4-5H2,1-3H3;1-2H3;1-2H3. The Balaban J connectivity index is 0.00000133. The average Bonchev–Trinajstić information content (AvgIpc) is 2.71. The maximum Gasteiger partial charge on any atom is 0.153 e. The Kier molecular flexibility index (Phi) is 13.0. The number of hydrogen-bond donors (Lipinski definition) is 0. The summed E-state index contributed by atoms with van der Waals surface area (Å²) in [7, 11) is 4.77. The lowest BCUT2D eigenvalue weighted by molar-refractivity contribution is -0.107. The molecule has 0 N–H and O–H groups in total. The van der Waals surface area contributed by atoms with Gasteiger partial charge in [-0.2, -0.15) is 0 Å². The van der Waals surface area contributed by atoms with Crippen molar-refractivity contribution in [1.29, 1.82) is 0 Å². The van der Waals surface area contributed by atoms with Crippen molar-refractivity contribution in [1.82, 2.24) is 0 Å². The largest absolute Gasteiger partial charge is 0.496 e. The summed E-state index contributed by atoms with van der Waals surface area (Å²) in [5, 5.41) is 0. The number of rotatable bonds is 7. The third-order valence-corrected chi connectivity index (χ3v) is 3.62. The minimum atomic E-state index is 0.447. The van der Waals surface area contributed by atoms with Gasteiger partial charge in [0.15, 0.2) is 6.29 Å². The van der Waals surface area contributed by atoms with E-state index in [4.69, 9.17) is 9.47 Å². The van der Waals surface area contributed by atoms with Gasteiger partial charge in [-0.1, -0.05) is 26.0 Å². The van der Waals surface area contributed by atoms with Crippen molar-refractivity contribution < 1.29 is 23.8 Å². The maximum atomic E-state index is 11.1. The average molecular weight is 389 g/mol. The molecule has 0 atom stereocenters. The number of hydrogen-bond acceptors (Lipinski definition) is 5. The Morgan fingerprint density at radius 3 is 1.96 bits per heavy atom. The van der Waals surface area contributed by atoms with Gasteiger partial charge in [0.2, 0.25) is 0 Å². The monoisotopic (exact) mass is 388 g/mol. The molecule has 0 aliphatic carbocycles. The first kappa shape index (κ1) is 25.3. The van der Waals surface area contributed by atoms with E-state index in [0.717, 1.165) is 41.4 Å². The molecule has 5 nitrogen and oxygen atoms in total. The van der Waals surface area contributed by atoms with E-state index in [0.29, 0.717) is 23.5 Å². The highest BCUT2D eigenvalue weighted by atomic mass is 16.5. The minimum Gasteiger partial charge on any atom is -0.496 e. The van der Waals surface area contributed by atoms with Gasteiger partial charge in [-0.3, -0.25) is 4.79 Å². The summed E-state index contributed by atoms with van der Waals surface area (Å²) < 4.78 is 15.3. The quantitative estimate of drug-likeness (QED) is 0.599. The Bertz CT molecular complexity index is 715. The third-order valence-electron chi connectivity index (χ3n) is 3.62.